The van der Waals surface area contributed by atoms with Crippen molar-refractivity contribution in [3.05, 3.63) is 307 Å². The van der Waals surface area contributed by atoms with Crippen molar-refractivity contribution in [2.45, 2.75) is 19.8 Å². The second-order valence-electron chi connectivity index (χ2n) is 20.9. The molecule has 0 unspecified atom stereocenters. The molecule has 2 heterocycles. The number of phenolic OH excluding ortho intramolecular Hbond substituents is 1. The van der Waals surface area contributed by atoms with Crippen LogP contribution in [0.1, 0.15) is 50.2 Å². The molecule has 1 aliphatic rings. The van der Waals surface area contributed by atoms with Crippen LogP contribution in [0.2, 0.25) is 0 Å². The summed E-state index contributed by atoms with van der Waals surface area (Å²) in [5.74, 6) is -0.295. The molecule has 14 rings (SSSR count). The average Bonchev–Trinajstić information content (AvgIpc) is 4.02. The van der Waals surface area contributed by atoms with E-state index in [0.717, 1.165) is 102 Å². The molecule has 1 aliphatic carbocycles. The largest absolute Gasteiger partial charge is 0.507 e. The van der Waals surface area contributed by atoms with Gasteiger partial charge in [-0.05, 0) is 188 Å². The highest BCUT2D eigenvalue weighted by atomic mass is 16.3. The minimum Gasteiger partial charge on any atom is -0.507 e. The number of allylic oxidation sites excluding steroid dienone is 4. The van der Waals surface area contributed by atoms with Crippen LogP contribution in [0.15, 0.2) is 279 Å². The topological polar surface area (TPSA) is 70.7 Å². The van der Waals surface area contributed by atoms with E-state index in [1.54, 1.807) is 18.2 Å². The second kappa shape index (κ2) is 20.8. The molecule has 13 aromatic rings. The third-order valence-corrected chi connectivity index (χ3v) is 16.0. The highest BCUT2D eigenvalue weighted by Gasteiger charge is 2.22. The SMILES string of the molecule is Cc1ccccc1C(=O)c1ccc(N(c2ccc(-c3ccc(N(c4ccc(C(=O)c5ccccc5O)cc4)c4ccc5c(c4)c4ccccc4n5-c4ccccc4)cc3)cc2)c2ccc3c(c2)c2ccccc2n3C2=CCCC=C2)cc1. The Labute approximate surface area is 475 Å². The molecular weight excluding hydrogens is 1000 g/mol. The summed E-state index contributed by atoms with van der Waals surface area (Å²) in [5, 5.41) is 15.2. The van der Waals surface area contributed by atoms with Crippen molar-refractivity contribution in [2.24, 2.45) is 0 Å². The smallest absolute Gasteiger partial charge is 0.196 e. The van der Waals surface area contributed by atoms with E-state index >= 15 is 0 Å². The van der Waals surface area contributed by atoms with Gasteiger partial charge in [-0.25, -0.2) is 0 Å². The van der Waals surface area contributed by atoms with Crippen LogP contribution in [0.25, 0.3) is 66.1 Å². The number of hydrogen-bond donors (Lipinski definition) is 1. The molecular formula is C75H54N4O3. The number of fused-ring (bicyclic) bond motifs is 6. The van der Waals surface area contributed by atoms with Crippen LogP contribution in [-0.4, -0.2) is 25.8 Å². The molecule has 7 nitrogen and oxygen atoms in total. The van der Waals surface area contributed by atoms with Crippen LogP contribution >= 0.6 is 0 Å². The fourth-order valence-electron chi connectivity index (χ4n) is 11.9. The predicted octanol–water partition coefficient (Wildman–Crippen LogP) is 19.2. The maximum absolute atomic E-state index is 13.8. The quantitative estimate of drug-likeness (QED) is 0.117. The van der Waals surface area contributed by atoms with Crippen molar-refractivity contribution in [2.75, 3.05) is 9.80 Å². The van der Waals surface area contributed by atoms with Crippen LogP contribution in [0.4, 0.5) is 34.1 Å². The molecule has 0 saturated heterocycles. The minimum atomic E-state index is -0.247. The Balaban J connectivity index is 0.839. The first kappa shape index (κ1) is 49.5. The molecule has 0 spiro atoms. The molecule has 1 N–H and O–H groups in total. The van der Waals surface area contributed by atoms with Gasteiger partial charge in [0.1, 0.15) is 5.75 Å². The predicted molar refractivity (Wildman–Crippen MR) is 337 cm³/mol. The number of anilines is 6. The molecule has 82 heavy (non-hydrogen) atoms. The molecule has 0 bridgehead atoms. The number of aromatic nitrogens is 2. The Morgan fingerprint density at radius 2 is 0.817 bits per heavy atom. The van der Waals surface area contributed by atoms with E-state index in [9.17, 15) is 14.7 Å². The highest BCUT2D eigenvalue weighted by molar-refractivity contribution is 6.14. The number of carbonyl (C=O) groups is 2. The number of nitrogens with zero attached hydrogens (tertiary/aromatic N) is 4. The number of benzene rings is 11. The van der Waals surface area contributed by atoms with E-state index in [2.05, 4.69) is 195 Å². The van der Waals surface area contributed by atoms with Crippen molar-refractivity contribution in [1.29, 1.82) is 0 Å². The summed E-state index contributed by atoms with van der Waals surface area (Å²) in [7, 11) is 0. The maximum Gasteiger partial charge on any atom is 0.196 e. The molecule has 0 fully saturated rings. The monoisotopic (exact) mass is 1060 g/mol. The summed E-state index contributed by atoms with van der Waals surface area (Å²) >= 11 is 0. The minimum absolute atomic E-state index is 0.00153. The van der Waals surface area contributed by atoms with Gasteiger partial charge < -0.3 is 24.0 Å². The van der Waals surface area contributed by atoms with E-state index in [0.29, 0.717) is 16.7 Å². The van der Waals surface area contributed by atoms with E-state index in [-0.39, 0.29) is 22.9 Å². The second-order valence-corrected chi connectivity index (χ2v) is 20.9. The Kier molecular flexibility index (Phi) is 12.6. The van der Waals surface area contributed by atoms with Crippen molar-refractivity contribution in [3.63, 3.8) is 0 Å². The molecule has 7 heteroatoms. The number of rotatable bonds is 13. The standard InChI is InChI=1S/C75H54N4O3/c1-50-16-8-9-21-63(50)74(81)53-32-40-59(41-33-53)76(61-44-46-71-67(48-61)64-22-10-13-25-69(64)78(71)55-17-4-2-5-18-55)57-36-28-51(29-37-57)52-30-38-58(39-31-52)77(60-42-34-54(35-43-60)75(82)66-24-12-15-27-73(66)80)62-45-47-72-68(49-62)65-23-11-14-26-70(65)79(72)56-19-6-3-7-20-56/h3-4,6-49,80H,2,5H2,1H3. The fraction of sp³-hybridized carbons (Fsp3) is 0.0400. The third-order valence-electron chi connectivity index (χ3n) is 16.0. The Bertz CT molecular complexity index is 4660. The van der Waals surface area contributed by atoms with E-state index < -0.39 is 0 Å². The van der Waals surface area contributed by atoms with Gasteiger partial charge >= 0.3 is 0 Å². The molecule has 0 atom stereocenters. The van der Waals surface area contributed by atoms with E-state index in [1.807, 2.05) is 85.8 Å². The Morgan fingerprint density at radius 1 is 0.390 bits per heavy atom. The van der Waals surface area contributed by atoms with E-state index in [4.69, 9.17) is 0 Å². The number of aryl methyl sites for hydroxylation is 1. The van der Waals surface area contributed by atoms with E-state index in [1.165, 1.54) is 22.7 Å². The first-order valence-corrected chi connectivity index (χ1v) is 27.8. The van der Waals surface area contributed by atoms with Crippen LogP contribution in [0, 0.1) is 6.92 Å². The number of ketones is 2. The van der Waals surface area contributed by atoms with Crippen molar-refractivity contribution in [3.8, 4) is 22.6 Å². The lowest BCUT2D eigenvalue weighted by Gasteiger charge is -2.27. The summed E-state index contributed by atoms with van der Waals surface area (Å²) < 4.78 is 4.69. The maximum atomic E-state index is 13.8. The fourth-order valence-corrected chi connectivity index (χ4v) is 11.9. The summed E-state index contributed by atoms with van der Waals surface area (Å²) in [6, 6.07) is 88.3. The van der Waals surface area contributed by atoms with Gasteiger partial charge in [0.15, 0.2) is 11.6 Å². The molecule has 392 valence electrons. The first-order chi connectivity index (χ1) is 40.3. The van der Waals surface area contributed by atoms with Gasteiger partial charge in [0.25, 0.3) is 0 Å². The Hall–Kier alpha value is -10.8. The first-order valence-electron chi connectivity index (χ1n) is 27.8. The Morgan fingerprint density at radius 3 is 1.34 bits per heavy atom. The highest BCUT2D eigenvalue weighted by Crippen LogP contribution is 2.43. The molecule has 0 aliphatic heterocycles. The summed E-state index contributed by atoms with van der Waals surface area (Å²) in [5.41, 5.74) is 17.6. The summed E-state index contributed by atoms with van der Waals surface area (Å²) in [4.78, 5) is 32.0. The van der Waals surface area contributed by atoms with Crippen LogP contribution in [0.5, 0.6) is 5.75 Å². The average molecular weight is 1060 g/mol. The number of para-hydroxylation sites is 4. The number of carbonyl (C=O) groups excluding carboxylic acids is 2. The zero-order chi connectivity index (χ0) is 55.3. The zero-order valence-electron chi connectivity index (χ0n) is 45.0. The van der Waals surface area contributed by atoms with Gasteiger partial charge in [0.2, 0.25) is 0 Å². The lowest BCUT2D eigenvalue weighted by molar-refractivity contribution is 0.102. The number of aromatic hydroxyl groups is 1. The normalized spacial score (nSPS) is 12.3. The summed E-state index contributed by atoms with van der Waals surface area (Å²) in [6.45, 7) is 1.98. The van der Waals surface area contributed by atoms with Gasteiger partial charge in [0.05, 0.1) is 27.6 Å². The number of phenols is 1. The van der Waals surface area contributed by atoms with Crippen molar-refractivity contribution < 1.29 is 14.7 Å². The molecule has 0 radical (unpaired) electrons. The van der Waals surface area contributed by atoms with Gasteiger partial charge in [-0.2, -0.15) is 0 Å². The van der Waals surface area contributed by atoms with Gasteiger partial charge in [-0.1, -0.05) is 127 Å². The van der Waals surface area contributed by atoms with Gasteiger partial charge in [-0.15, -0.1) is 0 Å². The third kappa shape index (κ3) is 8.82. The molecule has 11 aromatic carbocycles. The number of hydrogen-bond acceptors (Lipinski definition) is 5. The van der Waals surface area contributed by atoms with Crippen molar-refractivity contribution >= 4 is 95.0 Å². The zero-order valence-corrected chi connectivity index (χ0v) is 45.0. The van der Waals surface area contributed by atoms with Crippen LogP contribution in [-0.2, 0) is 0 Å². The van der Waals surface area contributed by atoms with Crippen molar-refractivity contribution in [1.82, 2.24) is 9.13 Å². The summed E-state index contributed by atoms with van der Waals surface area (Å²) in [6.07, 6.45) is 8.87. The molecule has 2 aromatic heterocycles. The molecule has 0 saturated carbocycles. The van der Waals surface area contributed by atoms with Crippen LogP contribution in [0.3, 0.4) is 0 Å². The van der Waals surface area contributed by atoms with Gasteiger partial charge in [0, 0.05) is 83.7 Å². The lowest BCUT2D eigenvalue weighted by Crippen LogP contribution is -2.11. The van der Waals surface area contributed by atoms with Crippen LogP contribution < -0.4 is 9.80 Å². The van der Waals surface area contributed by atoms with Gasteiger partial charge in [-0.3, -0.25) is 9.59 Å². The molecule has 0 amide bonds. The lowest BCUT2D eigenvalue weighted by atomic mass is 9.99.